The summed E-state index contributed by atoms with van der Waals surface area (Å²) in [5.74, 6) is 0. The fourth-order valence-electron chi connectivity index (χ4n) is 7.65. The maximum Gasteiger partial charge on any atom is 0.319 e. The minimum atomic E-state index is -0.0407. The lowest BCUT2D eigenvalue weighted by atomic mass is 9.38. The Morgan fingerprint density at radius 2 is 1.36 bits per heavy atom. The van der Waals surface area contributed by atoms with Crippen LogP contribution in [-0.2, 0) is 0 Å². The molecule has 4 bridgehead atoms. The van der Waals surface area contributed by atoms with Gasteiger partial charge in [-0.3, -0.25) is 0 Å². The Kier molecular flexibility index (Phi) is 3.40. The fraction of sp³-hybridized carbons (Fsp3) is 0.682. The predicted molar refractivity (Wildman–Crippen MR) is 103 cm³/mol. The van der Waals surface area contributed by atoms with Crippen molar-refractivity contribution in [3.05, 3.63) is 29.3 Å². The molecule has 0 spiro atoms. The molecule has 0 saturated heterocycles. The van der Waals surface area contributed by atoms with Crippen molar-refractivity contribution in [3.8, 4) is 0 Å². The van der Waals surface area contributed by atoms with Gasteiger partial charge in [0.05, 0.1) is 0 Å². The highest BCUT2D eigenvalue weighted by Gasteiger charge is 2.64. The van der Waals surface area contributed by atoms with Crippen LogP contribution in [-0.4, -0.2) is 11.6 Å². The zero-order valence-corrected chi connectivity index (χ0v) is 16.4. The van der Waals surface area contributed by atoms with Gasteiger partial charge in [0, 0.05) is 11.2 Å². The Balaban J connectivity index is 1.53. The van der Waals surface area contributed by atoms with Crippen LogP contribution in [0.15, 0.2) is 18.2 Å². The molecule has 1 aromatic carbocycles. The second-order valence-electron chi connectivity index (χ2n) is 10.7. The van der Waals surface area contributed by atoms with Crippen LogP contribution in [0, 0.1) is 30.1 Å². The topological polar surface area (TPSA) is 41.1 Å². The van der Waals surface area contributed by atoms with Gasteiger partial charge in [-0.25, -0.2) is 4.79 Å². The van der Waals surface area contributed by atoms with E-state index in [-0.39, 0.29) is 11.6 Å². The largest absolute Gasteiger partial charge is 0.332 e. The number of carbonyl (C=O) groups is 1. The molecule has 0 atom stereocenters. The Morgan fingerprint density at radius 1 is 0.840 bits per heavy atom. The van der Waals surface area contributed by atoms with Crippen molar-refractivity contribution in [2.24, 2.45) is 16.2 Å². The van der Waals surface area contributed by atoms with Gasteiger partial charge in [-0.2, -0.15) is 0 Å². The van der Waals surface area contributed by atoms with Crippen LogP contribution in [0.2, 0.25) is 0 Å². The SMILES string of the molecule is Cc1ccc(NC(=O)NC23CC4(C)CC(C)(CC(C)(C4)C2)C3)cc1C. The lowest BCUT2D eigenvalue weighted by Gasteiger charge is -2.69. The van der Waals surface area contributed by atoms with E-state index in [4.69, 9.17) is 0 Å². The van der Waals surface area contributed by atoms with Crippen molar-refractivity contribution in [1.29, 1.82) is 0 Å². The van der Waals surface area contributed by atoms with E-state index in [9.17, 15) is 4.79 Å². The van der Waals surface area contributed by atoms with Crippen molar-refractivity contribution < 1.29 is 4.79 Å². The quantitative estimate of drug-likeness (QED) is 0.726. The van der Waals surface area contributed by atoms with Crippen molar-refractivity contribution in [2.45, 2.75) is 78.7 Å². The predicted octanol–water partition coefficient (Wildman–Crippen LogP) is 5.56. The minimum absolute atomic E-state index is 0.0309. The Labute approximate surface area is 152 Å². The third-order valence-electron chi connectivity index (χ3n) is 7.00. The summed E-state index contributed by atoms with van der Waals surface area (Å²) in [4.78, 5) is 12.8. The molecule has 0 heterocycles. The molecule has 0 unspecified atom stereocenters. The van der Waals surface area contributed by atoms with Gasteiger partial charge >= 0.3 is 6.03 Å². The van der Waals surface area contributed by atoms with Gasteiger partial charge in [-0.1, -0.05) is 26.8 Å². The molecule has 0 aromatic heterocycles. The molecular formula is C22H32N2O. The normalized spacial score (nSPS) is 41.6. The van der Waals surface area contributed by atoms with E-state index in [1.165, 1.54) is 30.4 Å². The standard InChI is InChI=1S/C22H32N2O/c1-15-6-7-17(8-16(15)2)23-18(25)24-22-12-19(3)9-20(4,13-22)11-21(5,10-19)14-22/h6-8H,9-14H2,1-5H3,(H2,23,24,25). The zero-order valence-electron chi connectivity index (χ0n) is 16.4. The van der Waals surface area contributed by atoms with Crippen LogP contribution < -0.4 is 10.6 Å². The Hall–Kier alpha value is -1.51. The summed E-state index contributed by atoms with van der Waals surface area (Å²) >= 11 is 0. The third kappa shape index (κ3) is 2.96. The molecule has 4 aliphatic rings. The van der Waals surface area contributed by atoms with Crippen LogP contribution in [0.5, 0.6) is 0 Å². The molecule has 4 fully saturated rings. The molecule has 5 rings (SSSR count). The summed E-state index contributed by atoms with van der Waals surface area (Å²) in [6.45, 7) is 11.5. The molecule has 0 aliphatic heterocycles. The smallest absolute Gasteiger partial charge is 0.319 e. The third-order valence-corrected chi connectivity index (χ3v) is 7.00. The first-order valence-electron chi connectivity index (χ1n) is 9.68. The molecule has 0 radical (unpaired) electrons. The number of hydrogen-bond acceptors (Lipinski definition) is 1. The molecule has 4 saturated carbocycles. The average molecular weight is 341 g/mol. The summed E-state index contributed by atoms with van der Waals surface area (Å²) < 4.78 is 0. The van der Waals surface area contributed by atoms with Gasteiger partial charge in [-0.05, 0) is 91.9 Å². The maximum atomic E-state index is 12.8. The summed E-state index contributed by atoms with van der Waals surface area (Å²) in [6, 6.07) is 6.07. The van der Waals surface area contributed by atoms with E-state index >= 15 is 0 Å². The van der Waals surface area contributed by atoms with Gasteiger partial charge in [0.1, 0.15) is 0 Å². The first-order valence-corrected chi connectivity index (χ1v) is 9.68. The number of aryl methyl sites for hydroxylation is 2. The molecule has 25 heavy (non-hydrogen) atoms. The van der Waals surface area contributed by atoms with E-state index in [0.717, 1.165) is 24.9 Å². The van der Waals surface area contributed by atoms with Gasteiger partial charge in [0.2, 0.25) is 0 Å². The van der Waals surface area contributed by atoms with Crippen molar-refractivity contribution in [3.63, 3.8) is 0 Å². The van der Waals surface area contributed by atoms with Crippen LogP contribution in [0.25, 0.3) is 0 Å². The molecule has 4 aliphatic carbocycles. The number of urea groups is 1. The number of anilines is 1. The highest BCUT2D eigenvalue weighted by molar-refractivity contribution is 5.90. The lowest BCUT2D eigenvalue weighted by Crippen LogP contribution is -2.68. The van der Waals surface area contributed by atoms with E-state index in [2.05, 4.69) is 57.4 Å². The first-order chi connectivity index (χ1) is 11.5. The molecular weight excluding hydrogens is 308 g/mol. The van der Waals surface area contributed by atoms with E-state index in [0.29, 0.717) is 16.2 Å². The zero-order chi connectivity index (χ0) is 18.1. The van der Waals surface area contributed by atoms with Gasteiger partial charge in [0.15, 0.2) is 0 Å². The first kappa shape index (κ1) is 16.9. The minimum Gasteiger partial charge on any atom is -0.332 e. The van der Waals surface area contributed by atoms with Gasteiger partial charge in [0.25, 0.3) is 0 Å². The van der Waals surface area contributed by atoms with Gasteiger partial charge < -0.3 is 10.6 Å². The second kappa shape index (κ2) is 5.02. The fourth-order valence-corrected chi connectivity index (χ4v) is 7.65. The number of rotatable bonds is 2. The van der Waals surface area contributed by atoms with Crippen molar-refractivity contribution >= 4 is 11.7 Å². The van der Waals surface area contributed by atoms with Crippen LogP contribution in [0.1, 0.15) is 70.4 Å². The summed E-state index contributed by atoms with van der Waals surface area (Å²) in [6.07, 6.45) is 7.34. The Morgan fingerprint density at radius 3 is 1.84 bits per heavy atom. The number of benzene rings is 1. The van der Waals surface area contributed by atoms with Crippen LogP contribution in [0.3, 0.4) is 0 Å². The monoisotopic (exact) mass is 340 g/mol. The Bertz CT molecular complexity index is 684. The average Bonchev–Trinajstić information content (AvgIpc) is 2.36. The summed E-state index contributed by atoms with van der Waals surface area (Å²) in [5, 5.41) is 6.51. The highest BCUT2D eigenvalue weighted by atomic mass is 16.2. The molecule has 3 heteroatoms. The molecule has 136 valence electrons. The molecule has 3 nitrogen and oxygen atoms in total. The van der Waals surface area contributed by atoms with Crippen molar-refractivity contribution in [1.82, 2.24) is 5.32 Å². The lowest BCUT2D eigenvalue weighted by molar-refractivity contribution is -0.154. The molecule has 2 amide bonds. The van der Waals surface area contributed by atoms with E-state index in [1.54, 1.807) is 0 Å². The van der Waals surface area contributed by atoms with Gasteiger partial charge in [-0.15, -0.1) is 0 Å². The van der Waals surface area contributed by atoms with E-state index in [1.807, 2.05) is 6.07 Å². The number of carbonyl (C=O) groups excluding carboxylic acids is 1. The molecule has 1 aromatic rings. The van der Waals surface area contributed by atoms with Crippen LogP contribution >= 0.6 is 0 Å². The molecule has 2 N–H and O–H groups in total. The summed E-state index contributed by atoms with van der Waals surface area (Å²) in [7, 11) is 0. The summed E-state index contributed by atoms with van der Waals surface area (Å²) in [5.41, 5.74) is 4.45. The maximum absolute atomic E-state index is 12.8. The number of nitrogens with one attached hydrogen (secondary N) is 2. The van der Waals surface area contributed by atoms with Crippen LogP contribution in [0.4, 0.5) is 10.5 Å². The number of hydrogen-bond donors (Lipinski definition) is 2. The second-order valence-corrected chi connectivity index (χ2v) is 10.7. The number of amides is 2. The van der Waals surface area contributed by atoms with E-state index < -0.39 is 0 Å². The highest BCUT2D eigenvalue weighted by Crippen LogP contribution is 2.70. The van der Waals surface area contributed by atoms with Crippen molar-refractivity contribution in [2.75, 3.05) is 5.32 Å².